The number of nitrogens with zero attached hydrogens (tertiary/aromatic N) is 1. The highest BCUT2D eigenvalue weighted by Gasteiger charge is 1.98. The van der Waals surface area contributed by atoms with Gasteiger partial charge in [-0.15, -0.1) is 0 Å². The minimum atomic E-state index is 1.08. The molecule has 0 fully saturated rings. The molecule has 2 aromatic rings. The number of nitrogens with one attached hydrogen (secondary N) is 1. The normalized spacial score (nSPS) is 10.9. The Morgan fingerprint density at radius 3 is 2.82 bits per heavy atom. The van der Waals surface area contributed by atoms with Gasteiger partial charge in [0.15, 0.2) is 0 Å². The first-order valence-electron chi connectivity index (χ1n) is 6.60. The minimum absolute atomic E-state index is 1.08. The second-order valence-corrected chi connectivity index (χ2v) is 4.69. The van der Waals surface area contributed by atoms with Crippen molar-refractivity contribution in [3.05, 3.63) is 30.5 Å². The number of anilines is 1. The number of aromatic nitrogens is 1. The Morgan fingerprint density at radius 1 is 1.12 bits per heavy atom. The van der Waals surface area contributed by atoms with E-state index in [0.717, 1.165) is 6.54 Å². The van der Waals surface area contributed by atoms with E-state index < -0.39 is 0 Å². The van der Waals surface area contributed by atoms with Crippen LogP contribution in [0.2, 0.25) is 0 Å². The molecule has 0 aliphatic carbocycles. The molecule has 0 bridgehead atoms. The molecule has 0 saturated heterocycles. The van der Waals surface area contributed by atoms with Crippen LogP contribution in [0, 0.1) is 0 Å². The summed E-state index contributed by atoms with van der Waals surface area (Å²) < 4.78 is 2.15. The molecule has 0 unspecified atom stereocenters. The molecule has 0 aliphatic rings. The van der Waals surface area contributed by atoms with Crippen LogP contribution in [0.3, 0.4) is 0 Å². The van der Waals surface area contributed by atoms with Crippen LogP contribution in [0.1, 0.15) is 32.6 Å². The van der Waals surface area contributed by atoms with E-state index in [1.807, 2.05) is 0 Å². The molecule has 1 N–H and O–H groups in total. The van der Waals surface area contributed by atoms with Gasteiger partial charge in [0.25, 0.3) is 0 Å². The van der Waals surface area contributed by atoms with Crippen LogP contribution in [0.15, 0.2) is 30.5 Å². The van der Waals surface area contributed by atoms with Gasteiger partial charge in [0.1, 0.15) is 0 Å². The molecule has 0 amide bonds. The zero-order chi connectivity index (χ0) is 12.1. The molecule has 0 aliphatic heterocycles. The zero-order valence-electron chi connectivity index (χ0n) is 10.9. The molecule has 1 aromatic carbocycles. The maximum atomic E-state index is 3.50. The fourth-order valence-corrected chi connectivity index (χ4v) is 2.18. The van der Waals surface area contributed by atoms with E-state index in [1.165, 1.54) is 42.3 Å². The van der Waals surface area contributed by atoms with E-state index in [1.54, 1.807) is 0 Å². The first kappa shape index (κ1) is 12.0. The number of rotatable bonds is 6. The monoisotopic (exact) mass is 230 g/mol. The average Bonchev–Trinajstić information content (AvgIpc) is 2.71. The van der Waals surface area contributed by atoms with E-state index in [9.17, 15) is 0 Å². The van der Waals surface area contributed by atoms with E-state index in [2.05, 4.69) is 54.3 Å². The summed E-state index contributed by atoms with van der Waals surface area (Å²) in [5, 5.41) is 4.81. The quantitative estimate of drug-likeness (QED) is 0.737. The molecule has 2 rings (SSSR count). The van der Waals surface area contributed by atoms with Crippen LogP contribution >= 0.6 is 0 Å². The summed E-state index contributed by atoms with van der Waals surface area (Å²) in [6.07, 6.45) is 7.35. The smallest absolute Gasteiger partial charge is 0.0479 e. The lowest BCUT2D eigenvalue weighted by atomic mass is 10.2. The Hall–Kier alpha value is -1.44. The van der Waals surface area contributed by atoms with E-state index >= 15 is 0 Å². The van der Waals surface area contributed by atoms with Crippen LogP contribution in [-0.2, 0) is 7.05 Å². The Bertz CT molecular complexity index is 471. The Labute approximate surface area is 104 Å². The van der Waals surface area contributed by atoms with Crippen molar-refractivity contribution in [1.82, 2.24) is 4.57 Å². The Kier molecular flexibility index (Phi) is 4.08. The number of unbranched alkanes of at least 4 members (excludes halogenated alkanes) is 3. The van der Waals surface area contributed by atoms with Crippen LogP contribution in [0.4, 0.5) is 5.69 Å². The van der Waals surface area contributed by atoms with Crippen molar-refractivity contribution in [2.75, 3.05) is 11.9 Å². The van der Waals surface area contributed by atoms with Gasteiger partial charge < -0.3 is 9.88 Å². The molecule has 0 atom stereocenters. The van der Waals surface area contributed by atoms with Crippen molar-refractivity contribution >= 4 is 16.6 Å². The summed E-state index contributed by atoms with van der Waals surface area (Å²) in [5.41, 5.74) is 2.53. The number of hydrogen-bond acceptors (Lipinski definition) is 1. The molecule has 0 spiro atoms. The lowest BCUT2D eigenvalue weighted by Gasteiger charge is -2.06. The van der Waals surface area contributed by atoms with Crippen molar-refractivity contribution in [1.29, 1.82) is 0 Å². The molecule has 0 saturated carbocycles. The van der Waals surface area contributed by atoms with Crippen molar-refractivity contribution in [3.63, 3.8) is 0 Å². The molecular weight excluding hydrogens is 208 g/mol. The number of aryl methyl sites for hydroxylation is 1. The molecule has 1 aromatic heterocycles. The van der Waals surface area contributed by atoms with Crippen LogP contribution in [0.5, 0.6) is 0 Å². The van der Waals surface area contributed by atoms with Gasteiger partial charge in [0, 0.05) is 36.4 Å². The van der Waals surface area contributed by atoms with E-state index in [0.29, 0.717) is 0 Å². The zero-order valence-corrected chi connectivity index (χ0v) is 10.9. The van der Waals surface area contributed by atoms with Gasteiger partial charge in [0.05, 0.1) is 0 Å². The second-order valence-electron chi connectivity index (χ2n) is 4.69. The summed E-state index contributed by atoms with van der Waals surface area (Å²) in [6, 6.07) is 8.75. The predicted octanol–water partition coefficient (Wildman–Crippen LogP) is 4.17. The van der Waals surface area contributed by atoms with E-state index in [4.69, 9.17) is 0 Å². The van der Waals surface area contributed by atoms with Crippen molar-refractivity contribution in [2.24, 2.45) is 7.05 Å². The minimum Gasteiger partial charge on any atom is -0.385 e. The maximum Gasteiger partial charge on any atom is 0.0479 e. The fraction of sp³-hybridized carbons (Fsp3) is 0.467. The van der Waals surface area contributed by atoms with Gasteiger partial charge in [0.2, 0.25) is 0 Å². The molecule has 1 heterocycles. The Morgan fingerprint density at radius 2 is 2.00 bits per heavy atom. The standard InChI is InChI=1S/C15H22N2/c1-3-4-5-6-10-16-14-7-8-15-13(12-14)9-11-17(15)2/h7-9,11-12,16H,3-6,10H2,1-2H3. The lowest BCUT2D eigenvalue weighted by Crippen LogP contribution is -2.01. The maximum absolute atomic E-state index is 3.50. The third kappa shape index (κ3) is 3.02. The molecule has 92 valence electrons. The van der Waals surface area contributed by atoms with Gasteiger partial charge in [-0.25, -0.2) is 0 Å². The van der Waals surface area contributed by atoms with E-state index in [-0.39, 0.29) is 0 Å². The highest BCUT2D eigenvalue weighted by Crippen LogP contribution is 2.19. The van der Waals surface area contributed by atoms with Gasteiger partial charge >= 0.3 is 0 Å². The molecule has 2 heteroatoms. The lowest BCUT2D eigenvalue weighted by molar-refractivity contribution is 0.685. The largest absolute Gasteiger partial charge is 0.385 e. The molecule has 17 heavy (non-hydrogen) atoms. The summed E-state index contributed by atoms with van der Waals surface area (Å²) in [5.74, 6) is 0. The summed E-state index contributed by atoms with van der Waals surface area (Å²) >= 11 is 0. The van der Waals surface area contributed by atoms with Crippen molar-refractivity contribution in [2.45, 2.75) is 32.6 Å². The van der Waals surface area contributed by atoms with Crippen molar-refractivity contribution in [3.8, 4) is 0 Å². The Balaban J connectivity index is 1.91. The fourth-order valence-electron chi connectivity index (χ4n) is 2.18. The summed E-state index contributed by atoms with van der Waals surface area (Å²) in [6.45, 7) is 3.33. The first-order chi connectivity index (χ1) is 8.31. The predicted molar refractivity (Wildman–Crippen MR) is 75.6 cm³/mol. The molecule has 0 radical (unpaired) electrons. The highest BCUT2D eigenvalue weighted by molar-refractivity contribution is 5.83. The second kappa shape index (κ2) is 5.76. The average molecular weight is 230 g/mol. The van der Waals surface area contributed by atoms with Gasteiger partial charge in [-0.2, -0.15) is 0 Å². The summed E-state index contributed by atoms with van der Waals surface area (Å²) in [4.78, 5) is 0. The third-order valence-electron chi connectivity index (χ3n) is 3.24. The molecule has 2 nitrogen and oxygen atoms in total. The first-order valence-corrected chi connectivity index (χ1v) is 6.60. The van der Waals surface area contributed by atoms with Crippen LogP contribution < -0.4 is 5.32 Å². The summed E-state index contributed by atoms with van der Waals surface area (Å²) in [7, 11) is 2.08. The number of benzene rings is 1. The van der Waals surface area contributed by atoms with Crippen molar-refractivity contribution < 1.29 is 0 Å². The van der Waals surface area contributed by atoms with Crippen LogP contribution in [-0.4, -0.2) is 11.1 Å². The third-order valence-corrected chi connectivity index (χ3v) is 3.24. The highest BCUT2D eigenvalue weighted by atomic mass is 14.9. The SMILES string of the molecule is CCCCCCNc1ccc2c(ccn2C)c1. The number of fused-ring (bicyclic) bond motifs is 1. The topological polar surface area (TPSA) is 17.0 Å². The van der Waals surface area contributed by atoms with Gasteiger partial charge in [-0.3, -0.25) is 0 Å². The van der Waals surface area contributed by atoms with Crippen LogP contribution in [0.25, 0.3) is 10.9 Å². The van der Waals surface area contributed by atoms with Gasteiger partial charge in [-0.05, 0) is 30.7 Å². The number of hydrogen-bond donors (Lipinski definition) is 1. The molecular formula is C15H22N2. The van der Waals surface area contributed by atoms with Gasteiger partial charge in [-0.1, -0.05) is 26.2 Å².